The number of aromatic nitrogens is 1. The minimum Gasteiger partial charge on any atom is -0.301 e. The van der Waals surface area contributed by atoms with E-state index in [1.165, 1.54) is 23.1 Å². The van der Waals surface area contributed by atoms with E-state index in [4.69, 9.17) is 0 Å². The van der Waals surface area contributed by atoms with Crippen molar-refractivity contribution < 1.29 is 4.79 Å². The lowest BCUT2D eigenvalue weighted by molar-refractivity contribution is -0.113. The summed E-state index contributed by atoms with van der Waals surface area (Å²) in [4.78, 5) is 15.4. The summed E-state index contributed by atoms with van der Waals surface area (Å²) < 4.78 is 0. The summed E-state index contributed by atoms with van der Waals surface area (Å²) in [7, 11) is 0. The predicted octanol–water partition coefficient (Wildman–Crippen LogP) is 2.31. The van der Waals surface area contributed by atoms with Crippen molar-refractivity contribution in [2.24, 2.45) is 0 Å². The van der Waals surface area contributed by atoms with Crippen LogP contribution in [0.4, 0.5) is 5.13 Å². The lowest BCUT2D eigenvalue weighted by atomic mass is 10.6. The third-order valence-corrected chi connectivity index (χ3v) is 3.15. The van der Waals surface area contributed by atoms with Gasteiger partial charge in [0, 0.05) is 11.1 Å². The number of thiazole rings is 1. The van der Waals surface area contributed by atoms with Gasteiger partial charge in [-0.05, 0) is 6.92 Å². The fraction of sp³-hybridized carbons (Fsp3) is 0.333. The average Bonchev–Trinajstić information content (AvgIpc) is 2.52. The summed E-state index contributed by atoms with van der Waals surface area (Å²) in [5.41, 5.74) is 0.934. The molecule has 0 aliphatic heterocycles. The summed E-state index contributed by atoms with van der Waals surface area (Å²) in [5, 5.41) is 5.32. The van der Waals surface area contributed by atoms with Crippen LogP contribution in [0.2, 0.25) is 0 Å². The van der Waals surface area contributed by atoms with E-state index in [0.29, 0.717) is 10.9 Å². The molecule has 0 radical (unpaired) electrons. The van der Waals surface area contributed by atoms with Crippen LogP contribution in [0.5, 0.6) is 0 Å². The number of amides is 1. The number of rotatable bonds is 5. The number of hydrogen-bond donors (Lipinski definition) is 1. The van der Waals surface area contributed by atoms with E-state index < -0.39 is 0 Å². The predicted molar refractivity (Wildman–Crippen MR) is 63.0 cm³/mol. The summed E-state index contributed by atoms with van der Waals surface area (Å²) in [5.74, 6) is 1.24. The second-order valence-corrected chi connectivity index (χ2v) is 4.53. The summed E-state index contributed by atoms with van der Waals surface area (Å²) in [6, 6.07) is 0. The summed E-state index contributed by atoms with van der Waals surface area (Å²) in [6.07, 6.45) is 1.78. The van der Waals surface area contributed by atoms with Gasteiger partial charge in [-0.2, -0.15) is 0 Å². The maximum absolute atomic E-state index is 11.3. The van der Waals surface area contributed by atoms with Gasteiger partial charge in [0.15, 0.2) is 5.13 Å². The van der Waals surface area contributed by atoms with Crippen molar-refractivity contribution >= 4 is 34.1 Å². The van der Waals surface area contributed by atoms with E-state index in [1.807, 2.05) is 12.3 Å². The first-order valence-electron chi connectivity index (χ1n) is 4.13. The lowest BCUT2D eigenvalue weighted by Gasteiger charge is -1.99. The Morgan fingerprint density at radius 1 is 1.86 bits per heavy atom. The topological polar surface area (TPSA) is 42.0 Å². The first-order chi connectivity index (χ1) is 6.72. The quantitative estimate of drug-likeness (QED) is 0.621. The fourth-order valence-electron chi connectivity index (χ4n) is 0.802. The molecule has 1 amide bonds. The highest BCUT2D eigenvalue weighted by Gasteiger charge is 2.04. The van der Waals surface area contributed by atoms with Gasteiger partial charge in [0.2, 0.25) is 5.91 Å². The molecule has 0 bridgehead atoms. The van der Waals surface area contributed by atoms with Gasteiger partial charge in [-0.15, -0.1) is 29.7 Å². The van der Waals surface area contributed by atoms with Crippen molar-refractivity contribution in [1.82, 2.24) is 4.98 Å². The number of hydrogen-bond acceptors (Lipinski definition) is 4. The van der Waals surface area contributed by atoms with Gasteiger partial charge in [-0.25, -0.2) is 4.98 Å². The normalized spacial score (nSPS) is 9.79. The fourth-order valence-corrected chi connectivity index (χ4v) is 2.05. The Balaban J connectivity index is 2.30. The van der Waals surface area contributed by atoms with Crippen LogP contribution in [0.1, 0.15) is 5.69 Å². The van der Waals surface area contributed by atoms with Gasteiger partial charge in [-0.3, -0.25) is 4.79 Å². The van der Waals surface area contributed by atoms with Crippen LogP contribution < -0.4 is 5.32 Å². The van der Waals surface area contributed by atoms with Gasteiger partial charge in [-0.1, -0.05) is 6.08 Å². The molecule has 1 rings (SSSR count). The zero-order valence-corrected chi connectivity index (χ0v) is 9.58. The molecule has 3 nitrogen and oxygen atoms in total. The number of nitrogens with zero attached hydrogens (tertiary/aromatic N) is 1. The Labute approximate surface area is 91.6 Å². The molecule has 76 valence electrons. The smallest absolute Gasteiger partial charge is 0.236 e. The van der Waals surface area contributed by atoms with Crippen LogP contribution in [0.3, 0.4) is 0 Å². The molecule has 0 spiro atoms. The van der Waals surface area contributed by atoms with Crippen molar-refractivity contribution in [3.63, 3.8) is 0 Å². The van der Waals surface area contributed by atoms with E-state index in [9.17, 15) is 4.79 Å². The Kier molecular flexibility index (Phi) is 4.69. The SMILES string of the molecule is C=CCSCC(=O)Nc1nc(C)cs1. The average molecular weight is 228 g/mol. The van der Waals surface area contributed by atoms with Crippen molar-refractivity contribution in [2.45, 2.75) is 6.92 Å². The van der Waals surface area contributed by atoms with Gasteiger partial charge in [0.05, 0.1) is 11.4 Å². The lowest BCUT2D eigenvalue weighted by Crippen LogP contribution is -2.13. The standard InChI is InChI=1S/C9H12N2OS2/c1-3-4-13-6-8(12)11-9-10-7(2)5-14-9/h3,5H,1,4,6H2,2H3,(H,10,11,12). The van der Waals surface area contributed by atoms with Gasteiger partial charge in [0.1, 0.15) is 0 Å². The summed E-state index contributed by atoms with van der Waals surface area (Å²) >= 11 is 2.98. The molecule has 0 aromatic carbocycles. The van der Waals surface area contributed by atoms with Crippen molar-refractivity contribution in [1.29, 1.82) is 0 Å². The van der Waals surface area contributed by atoms with Crippen molar-refractivity contribution in [3.05, 3.63) is 23.7 Å². The van der Waals surface area contributed by atoms with E-state index in [2.05, 4.69) is 16.9 Å². The zero-order chi connectivity index (χ0) is 10.4. The maximum atomic E-state index is 11.3. The third kappa shape index (κ3) is 3.93. The van der Waals surface area contributed by atoms with E-state index in [1.54, 1.807) is 6.08 Å². The molecule has 5 heteroatoms. The Bertz CT molecular complexity index is 322. The molecule has 0 aliphatic carbocycles. The molecule has 0 atom stereocenters. The molecule has 0 saturated carbocycles. The van der Waals surface area contributed by atoms with Crippen LogP contribution in [-0.2, 0) is 4.79 Å². The zero-order valence-electron chi connectivity index (χ0n) is 7.95. The van der Waals surface area contributed by atoms with Crippen LogP contribution in [-0.4, -0.2) is 22.4 Å². The highest BCUT2D eigenvalue weighted by atomic mass is 32.2. The molecular weight excluding hydrogens is 216 g/mol. The maximum Gasteiger partial charge on any atom is 0.236 e. The van der Waals surface area contributed by atoms with E-state index in [0.717, 1.165) is 11.4 Å². The van der Waals surface area contributed by atoms with Crippen molar-refractivity contribution in [3.8, 4) is 0 Å². The Hall–Kier alpha value is -0.810. The van der Waals surface area contributed by atoms with Gasteiger partial charge < -0.3 is 5.32 Å². The number of nitrogens with one attached hydrogen (secondary N) is 1. The molecule has 1 aromatic rings. The Morgan fingerprint density at radius 2 is 2.64 bits per heavy atom. The number of anilines is 1. The second kappa shape index (κ2) is 5.82. The first-order valence-corrected chi connectivity index (χ1v) is 6.16. The molecule has 1 N–H and O–H groups in total. The molecule has 1 aromatic heterocycles. The summed E-state index contributed by atoms with van der Waals surface area (Å²) in [6.45, 7) is 5.48. The molecule has 1 heterocycles. The number of carbonyl (C=O) groups excluding carboxylic acids is 1. The van der Waals surface area contributed by atoms with Gasteiger partial charge in [0.25, 0.3) is 0 Å². The van der Waals surface area contributed by atoms with Crippen molar-refractivity contribution in [2.75, 3.05) is 16.8 Å². The molecule has 0 fully saturated rings. The van der Waals surface area contributed by atoms with E-state index in [-0.39, 0.29) is 5.91 Å². The second-order valence-electron chi connectivity index (χ2n) is 2.65. The molecule has 0 saturated heterocycles. The van der Waals surface area contributed by atoms with Crippen LogP contribution in [0, 0.1) is 6.92 Å². The molecule has 14 heavy (non-hydrogen) atoms. The number of aryl methyl sites for hydroxylation is 1. The number of carbonyl (C=O) groups is 1. The minimum absolute atomic E-state index is 0.00815. The molecule has 0 aliphatic rings. The number of thioether (sulfide) groups is 1. The highest BCUT2D eigenvalue weighted by molar-refractivity contribution is 8.00. The molecular formula is C9H12N2OS2. The highest BCUT2D eigenvalue weighted by Crippen LogP contribution is 2.14. The van der Waals surface area contributed by atoms with Gasteiger partial charge >= 0.3 is 0 Å². The monoisotopic (exact) mass is 228 g/mol. The van der Waals surface area contributed by atoms with E-state index >= 15 is 0 Å². The van der Waals surface area contributed by atoms with Crippen LogP contribution in [0.15, 0.2) is 18.0 Å². The van der Waals surface area contributed by atoms with Crippen LogP contribution >= 0.6 is 23.1 Å². The molecule has 0 unspecified atom stereocenters. The minimum atomic E-state index is -0.00815. The first kappa shape index (κ1) is 11.3. The Morgan fingerprint density at radius 3 is 3.21 bits per heavy atom. The largest absolute Gasteiger partial charge is 0.301 e. The third-order valence-electron chi connectivity index (χ3n) is 1.33. The van der Waals surface area contributed by atoms with Crippen LogP contribution in [0.25, 0.3) is 0 Å².